The van der Waals surface area contributed by atoms with Gasteiger partial charge in [0.1, 0.15) is 5.75 Å². The lowest BCUT2D eigenvalue weighted by Gasteiger charge is -2.11. The van der Waals surface area contributed by atoms with Gasteiger partial charge in [-0.05, 0) is 47.5 Å². The van der Waals surface area contributed by atoms with Crippen LogP contribution in [0.3, 0.4) is 0 Å². The lowest BCUT2D eigenvalue weighted by Crippen LogP contribution is -2.15. The van der Waals surface area contributed by atoms with Crippen LogP contribution in [0.25, 0.3) is 10.8 Å². The van der Waals surface area contributed by atoms with E-state index in [2.05, 4.69) is 6.07 Å². The van der Waals surface area contributed by atoms with Gasteiger partial charge in [-0.15, -0.1) is 0 Å². The van der Waals surface area contributed by atoms with Gasteiger partial charge in [0.2, 0.25) is 0 Å². The molecule has 0 saturated heterocycles. The van der Waals surface area contributed by atoms with E-state index >= 15 is 0 Å². The van der Waals surface area contributed by atoms with Crippen LogP contribution in [0.4, 0.5) is 0 Å². The Bertz CT molecular complexity index is 496. The van der Waals surface area contributed by atoms with Crippen LogP contribution < -0.4 is 11.5 Å². The van der Waals surface area contributed by atoms with E-state index in [4.69, 9.17) is 11.5 Å². The van der Waals surface area contributed by atoms with E-state index in [9.17, 15) is 5.11 Å². The molecule has 0 amide bonds. The monoisotopic (exact) mass is 216 g/mol. The van der Waals surface area contributed by atoms with Crippen LogP contribution in [0.5, 0.6) is 5.75 Å². The number of phenolic OH excluding ortho intramolecular Hbond substituents is 1. The van der Waals surface area contributed by atoms with Gasteiger partial charge in [0, 0.05) is 6.04 Å². The molecular weight excluding hydrogens is 200 g/mol. The topological polar surface area (TPSA) is 72.3 Å². The summed E-state index contributed by atoms with van der Waals surface area (Å²) in [5.41, 5.74) is 12.6. The standard InChI is InChI=1S/C13H16N2O/c14-6-5-13(15)11-2-1-10-8-12(16)4-3-9(10)7-11/h1-4,7-8,13,16H,5-6,14-15H2/t13-/m1/s1. The van der Waals surface area contributed by atoms with Crippen molar-refractivity contribution in [3.8, 4) is 5.75 Å². The maximum Gasteiger partial charge on any atom is 0.116 e. The fraction of sp³-hybridized carbons (Fsp3) is 0.231. The van der Waals surface area contributed by atoms with Gasteiger partial charge < -0.3 is 16.6 Å². The van der Waals surface area contributed by atoms with Gasteiger partial charge >= 0.3 is 0 Å². The maximum atomic E-state index is 9.35. The summed E-state index contributed by atoms with van der Waals surface area (Å²) in [5.74, 6) is 0.284. The summed E-state index contributed by atoms with van der Waals surface area (Å²) in [7, 11) is 0. The van der Waals surface area contributed by atoms with Crippen LogP contribution in [0.15, 0.2) is 36.4 Å². The highest BCUT2D eigenvalue weighted by Crippen LogP contribution is 2.23. The molecule has 0 aliphatic heterocycles. The predicted molar refractivity (Wildman–Crippen MR) is 66.2 cm³/mol. The molecule has 2 aromatic carbocycles. The summed E-state index contributed by atoms with van der Waals surface area (Å²) in [5, 5.41) is 11.5. The molecule has 0 radical (unpaired) electrons. The lowest BCUT2D eigenvalue weighted by atomic mass is 10.0. The van der Waals surface area contributed by atoms with Crippen LogP contribution >= 0.6 is 0 Å². The fourth-order valence-electron chi connectivity index (χ4n) is 1.83. The van der Waals surface area contributed by atoms with Gasteiger partial charge in [-0.1, -0.05) is 18.2 Å². The first-order valence-corrected chi connectivity index (χ1v) is 5.39. The highest BCUT2D eigenvalue weighted by molar-refractivity contribution is 5.84. The quantitative estimate of drug-likeness (QED) is 0.733. The normalized spacial score (nSPS) is 12.9. The number of rotatable bonds is 3. The SMILES string of the molecule is NCC[C@@H](N)c1ccc2cc(O)ccc2c1. The minimum absolute atomic E-state index is 0.0109. The van der Waals surface area contributed by atoms with Gasteiger partial charge in [-0.25, -0.2) is 0 Å². The summed E-state index contributed by atoms with van der Waals surface area (Å²) in [6.07, 6.45) is 0.781. The van der Waals surface area contributed by atoms with Crippen LogP contribution in [-0.2, 0) is 0 Å². The second-order valence-corrected chi connectivity index (χ2v) is 3.97. The van der Waals surface area contributed by atoms with Crippen LogP contribution in [0, 0.1) is 0 Å². The zero-order valence-corrected chi connectivity index (χ0v) is 9.06. The van der Waals surface area contributed by atoms with Crippen molar-refractivity contribution in [3.05, 3.63) is 42.0 Å². The van der Waals surface area contributed by atoms with Gasteiger partial charge in [0.05, 0.1) is 0 Å². The molecule has 5 N–H and O–H groups in total. The fourth-order valence-corrected chi connectivity index (χ4v) is 1.83. The Morgan fingerprint density at radius 3 is 2.50 bits per heavy atom. The Kier molecular flexibility index (Phi) is 3.08. The highest BCUT2D eigenvalue weighted by Gasteiger charge is 2.05. The van der Waals surface area contributed by atoms with Crippen molar-refractivity contribution in [2.45, 2.75) is 12.5 Å². The summed E-state index contributed by atoms with van der Waals surface area (Å²) >= 11 is 0. The summed E-state index contributed by atoms with van der Waals surface area (Å²) in [6, 6.07) is 11.3. The molecule has 0 saturated carbocycles. The molecular formula is C13H16N2O. The minimum Gasteiger partial charge on any atom is -0.508 e. The van der Waals surface area contributed by atoms with E-state index in [-0.39, 0.29) is 11.8 Å². The van der Waals surface area contributed by atoms with E-state index < -0.39 is 0 Å². The zero-order valence-electron chi connectivity index (χ0n) is 9.06. The Labute approximate surface area is 94.7 Å². The molecule has 0 unspecified atom stereocenters. The Balaban J connectivity index is 2.40. The molecule has 0 aliphatic rings. The third-order valence-electron chi connectivity index (χ3n) is 2.75. The van der Waals surface area contributed by atoms with Crippen molar-refractivity contribution in [1.82, 2.24) is 0 Å². The molecule has 0 spiro atoms. The molecule has 0 bridgehead atoms. The second kappa shape index (κ2) is 4.51. The largest absolute Gasteiger partial charge is 0.508 e. The Morgan fingerprint density at radius 1 is 1.06 bits per heavy atom. The number of nitrogens with two attached hydrogens (primary N) is 2. The molecule has 84 valence electrons. The second-order valence-electron chi connectivity index (χ2n) is 3.97. The number of benzene rings is 2. The average Bonchev–Trinajstić information content (AvgIpc) is 2.28. The van der Waals surface area contributed by atoms with Gasteiger partial charge in [-0.2, -0.15) is 0 Å². The number of aromatic hydroxyl groups is 1. The van der Waals surface area contributed by atoms with Crippen molar-refractivity contribution >= 4 is 10.8 Å². The number of fused-ring (bicyclic) bond motifs is 1. The van der Waals surface area contributed by atoms with Crippen molar-refractivity contribution in [1.29, 1.82) is 0 Å². The van der Waals surface area contributed by atoms with Crippen molar-refractivity contribution in [2.24, 2.45) is 11.5 Å². The van der Waals surface area contributed by atoms with E-state index in [1.165, 1.54) is 0 Å². The molecule has 3 heteroatoms. The Morgan fingerprint density at radius 2 is 1.75 bits per heavy atom. The van der Waals surface area contributed by atoms with Gasteiger partial charge in [0.15, 0.2) is 0 Å². The molecule has 2 rings (SSSR count). The van der Waals surface area contributed by atoms with E-state index in [0.29, 0.717) is 6.54 Å². The molecule has 1 atom stereocenters. The number of hydrogen-bond acceptors (Lipinski definition) is 3. The lowest BCUT2D eigenvalue weighted by molar-refractivity contribution is 0.476. The third kappa shape index (κ3) is 2.15. The third-order valence-corrected chi connectivity index (χ3v) is 2.75. The molecule has 16 heavy (non-hydrogen) atoms. The number of phenols is 1. The summed E-state index contributed by atoms with van der Waals surface area (Å²) in [6.45, 7) is 0.592. The van der Waals surface area contributed by atoms with Crippen molar-refractivity contribution < 1.29 is 5.11 Å². The highest BCUT2D eigenvalue weighted by atomic mass is 16.3. The summed E-state index contributed by atoms with van der Waals surface area (Å²) in [4.78, 5) is 0. The first-order chi connectivity index (χ1) is 7.70. The van der Waals surface area contributed by atoms with Crippen LogP contribution in [0.2, 0.25) is 0 Å². The summed E-state index contributed by atoms with van der Waals surface area (Å²) < 4.78 is 0. The van der Waals surface area contributed by atoms with E-state index in [1.54, 1.807) is 12.1 Å². The smallest absolute Gasteiger partial charge is 0.116 e. The van der Waals surface area contributed by atoms with E-state index in [1.807, 2.05) is 18.2 Å². The number of hydrogen-bond donors (Lipinski definition) is 3. The zero-order chi connectivity index (χ0) is 11.5. The van der Waals surface area contributed by atoms with Crippen molar-refractivity contribution in [3.63, 3.8) is 0 Å². The molecule has 0 aliphatic carbocycles. The molecule has 0 aromatic heterocycles. The van der Waals surface area contributed by atoms with Crippen LogP contribution in [-0.4, -0.2) is 11.7 Å². The molecule has 0 fully saturated rings. The molecule has 2 aromatic rings. The minimum atomic E-state index is -0.0109. The first kappa shape index (κ1) is 10.9. The molecule has 3 nitrogen and oxygen atoms in total. The van der Waals surface area contributed by atoms with Crippen molar-refractivity contribution in [2.75, 3.05) is 6.54 Å². The van der Waals surface area contributed by atoms with Crippen LogP contribution in [0.1, 0.15) is 18.0 Å². The predicted octanol–water partition coefficient (Wildman–Crippen LogP) is 1.89. The maximum absolute atomic E-state index is 9.35. The van der Waals surface area contributed by atoms with Gasteiger partial charge in [0.25, 0.3) is 0 Å². The van der Waals surface area contributed by atoms with Gasteiger partial charge in [-0.3, -0.25) is 0 Å². The average molecular weight is 216 g/mol. The van der Waals surface area contributed by atoms with E-state index in [0.717, 1.165) is 22.8 Å². The first-order valence-electron chi connectivity index (χ1n) is 5.39. The Hall–Kier alpha value is -1.58. The molecule has 0 heterocycles.